The van der Waals surface area contributed by atoms with Gasteiger partial charge in [-0.1, -0.05) is 60.5 Å². The molecule has 0 fully saturated rings. The van der Waals surface area contributed by atoms with Crippen molar-refractivity contribution in [2.75, 3.05) is 0 Å². The fourth-order valence-electron chi connectivity index (χ4n) is 2.15. The predicted molar refractivity (Wildman–Crippen MR) is 92.4 cm³/mol. The number of nitrogens with one attached hydrogen (secondary N) is 1. The smallest absolute Gasteiger partial charge is 0.220 e. The normalized spacial score (nSPS) is 10.5. The quantitative estimate of drug-likeness (QED) is 0.806. The van der Waals surface area contributed by atoms with Gasteiger partial charge in [0.15, 0.2) is 0 Å². The highest BCUT2D eigenvalue weighted by Crippen LogP contribution is 2.20. The van der Waals surface area contributed by atoms with Crippen LogP contribution in [0.5, 0.6) is 0 Å². The van der Waals surface area contributed by atoms with Crippen LogP contribution in [-0.2, 0) is 24.2 Å². The number of benzene rings is 2. The Morgan fingerprint density at radius 1 is 1.05 bits per heavy atom. The van der Waals surface area contributed by atoms with Crippen LogP contribution < -0.4 is 5.32 Å². The maximum atomic E-state index is 11.9. The second-order valence-electron chi connectivity index (χ2n) is 5.18. The Morgan fingerprint density at radius 2 is 1.73 bits per heavy atom. The van der Waals surface area contributed by atoms with E-state index in [0.29, 0.717) is 23.0 Å². The van der Waals surface area contributed by atoms with Crippen LogP contribution >= 0.6 is 23.2 Å². The van der Waals surface area contributed by atoms with Gasteiger partial charge in [0.05, 0.1) is 0 Å². The average molecular weight is 336 g/mol. The third-order valence-corrected chi connectivity index (χ3v) is 4.15. The van der Waals surface area contributed by atoms with Gasteiger partial charge in [-0.05, 0) is 41.7 Å². The molecule has 1 N–H and O–H groups in total. The fraction of sp³-hybridized carbons (Fsp3) is 0.278. The summed E-state index contributed by atoms with van der Waals surface area (Å²) in [5, 5.41) is 4.05. The molecule has 2 rings (SSSR count). The SMILES string of the molecule is CCc1ccc(CCC(=O)NCc2ccc(Cl)cc2Cl)cc1. The molecule has 2 nitrogen and oxygen atoms in total. The van der Waals surface area contributed by atoms with Crippen molar-refractivity contribution in [2.45, 2.75) is 32.7 Å². The molecule has 2 aromatic carbocycles. The van der Waals surface area contributed by atoms with Crippen molar-refractivity contribution in [3.8, 4) is 0 Å². The molecule has 0 aliphatic carbocycles. The van der Waals surface area contributed by atoms with Crippen LogP contribution in [0.4, 0.5) is 0 Å². The third-order valence-electron chi connectivity index (χ3n) is 3.56. The summed E-state index contributed by atoms with van der Waals surface area (Å²) in [6.45, 7) is 2.55. The van der Waals surface area contributed by atoms with Gasteiger partial charge in [-0.3, -0.25) is 4.79 Å². The minimum atomic E-state index is 0.0191. The summed E-state index contributed by atoms with van der Waals surface area (Å²) in [6, 6.07) is 13.7. The molecule has 0 aliphatic rings. The zero-order valence-corrected chi connectivity index (χ0v) is 14.0. The first-order valence-corrected chi connectivity index (χ1v) is 8.12. The van der Waals surface area contributed by atoms with Crippen molar-refractivity contribution in [2.24, 2.45) is 0 Å². The van der Waals surface area contributed by atoms with E-state index in [-0.39, 0.29) is 5.91 Å². The van der Waals surface area contributed by atoms with Crippen molar-refractivity contribution < 1.29 is 4.79 Å². The van der Waals surface area contributed by atoms with Crippen molar-refractivity contribution in [3.63, 3.8) is 0 Å². The molecular formula is C18H19Cl2NO. The molecule has 0 heterocycles. The number of rotatable bonds is 6. The molecule has 2 aromatic rings. The van der Waals surface area contributed by atoms with Crippen LogP contribution in [0.2, 0.25) is 10.0 Å². The average Bonchev–Trinajstić information content (AvgIpc) is 2.52. The molecule has 0 aliphatic heterocycles. The van der Waals surface area contributed by atoms with Gasteiger partial charge in [0, 0.05) is 23.0 Å². The van der Waals surface area contributed by atoms with Gasteiger partial charge in [0.1, 0.15) is 0 Å². The number of amides is 1. The highest BCUT2D eigenvalue weighted by Gasteiger charge is 2.05. The van der Waals surface area contributed by atoms with E-state index in [1.807, 2.05) is 6.07 Å². The lowest BCUT2D eigenvalue weighted by Crippen LogP contribution is -2.23. The van der Waals surface area contributed by atoms with E-state index in [0.717, 1.165) is 18.4 Å². The highest BCUT2D eigenvalue weighted by molar-refractivity contribution is 6.35. The predicted octanol–water partition coefficient (Wildman–Crippen LogP) is 4.80. The van der Waals surface area contributed by atoms with Gasteiger partial charge in [0.2, 0.25) is 5.91 Å². The van der Waals surface area contributed by atoms with Crippen LogP contribution in [0.1, 0.15) is 30.0 Å². The first-order valence-electron chi connectivity index (χ1n) is 7.37. The number of hydrogen-bond acceptors (Lipinski definition) is 1. The minimum Gasteiger partial charge on any atom is -0.352 e. The Labute approximate surface area is 141 Å². The lowest BCUT2D eigenvalue weighted by atomic mass is 10.1. The van der Waals surface area contributed by atoms with E-state index in [4.69, 9.17) is 23.2 Å². The Bertz CT molecular complexity index is 638. The van der Waals surface area contributed by atoms with Crippen LogP contribution in [0.3, 0.4) is 0 Å². The first-order chi connectivity index (χ1) is 10.6. The van der Waals surface area contributed by atoms with Crippen molar-refractivity contribution >= 4 is 29.1 Å². The van der Waals surface area contributed by atoms with Gasteiger partial charge in [-0.15, -0.1) is 0 Å². The fourth-order valence-corrected chi connectivity index (χ4v) is 2.62. The number of carbonyl (C=O) groups is 1. The van der Waals surface area contributed by atoms with E-state index < -0.39 is 0 Å². The molecule has 0 unspecified atom stereocenters. The van der Waals surface area contributed by atoms with Crippen LogP contribution in [0.25, 0.3) is 0 Å². The number of carbonyl (C=O) groups excluding carboxylic acids is 1. The Morgan fingerprint density at radius 3 is 2.36 bits per heavy atom. The Balaban J connectivity index is 1.80. The van der Waals surface area contributed by atoms with Gasteiger partial charge >= 0.3 is 0 Å². The Hall–Kier alpha value is -1.51. The minimum absolute atomic E-state index is 0.0191. The van der Waals surface area contributed by atoms with Gasteiger partial charge in [-0.2, -0.15) is 0 Å². The topological polar surface area (TPSA) is 29.1 Å². The zero-order chi connectivity index (χ0) is 15.9. The number of hydrogen-bond donors (Lipinski definition) is 1. The van der Waals surface area contributed by atoms with Crippen LogP contribution in [-0.4, -0.2) is 5.91 Å². The van der Waals surface area contributed by atoms with E-state index >= 15 is 0 Å². The van der Waals surface area contributed by atoms with Gasteiger partial charge in [0.25, 0.3) is 0 Å². The van der Waals surface area contributed by atoms with Gasteiger partial charge in [-0.25, -0.2) is 0 Å². The maximum Gasteiger partial charge on any atom is 0.220 e. The second-order valence-corrected chi connectivity index (χ2v) is 6.03. The summed E-state index contributed by atoms with van der Waals surface area (Å²) in [4.78, 5) is 11.9. The van der Waals surface area contributed by atoms with E-state index in [2.05, 4.69) is 36.5 Å². The lowest BCUT2D eigenvalue weighted by Gasteiger charge is -2.08. The number of halogens is 2. The Kier molecular flexibility index (Phi) is 6.29. The standard InChI is InChI=1S/C18H19Cl2NO/c1-2-13-3-5-14(6-4-13)7-10-18(22)21-12-15-8-9-16(19)11-17(15)20/h3-6,8-9,11H,2,7,10,12H2,1H3,(H,21,22). The summed E-state index contributed by atoms with van der Waals surface area (Å²) < 4.78 is 0. The van der Waals surface area contributed by atoms with Crippen molar-refractivity contribution in [3.05, 3.63) is 69.2 Å². The monoisotopic (exact) mass is 335 g/mol. The first kappa shape index (κ1) is 16.9. The molecule has 0 saturated heterocycles. The van der Waals surface area contributed by atoms with E-state index in [9.17, 15) is 4.79 Å². The summed E-state index contributed by atoms with van der Waals surface area (Å²) in [5.41, 5.74) is 3.36. The molecular weight excluding hydrogens is 317 g/mol. The molecule has 0 bridgehead atoms. The molecule has 0 saturated carbocycles. The largest absolute Gasteiger partial charge is 0.352 e. The molecule has 0 spiro atoms. The third kappa shape index (κ3) is 5.04. The van der Waals surface area contributed by atoms with E-state index in [1.54, 1.807) is 12.1 Å². The molecule has 0 atom stereocenters. The van der Waals surface area contributed by atoms with E-state index in [1.165, 1.54) is 11.1 Å². The summed E-state index contributed by atoms with van der Waals surface area (Å²) >= 11 is 11.9. The van der Waals surface area contributed by atoms with Crippen molar-refractivity contribution in [1.82, 2.24) is 5.32 Å². The second kappa shape index (κ2) is 8.21. The molecule has 4 heteroatoms. The summed E-state index contributed by atoms with van der Waals surface area (Å²) in [5.74, 6) is 0.0191. The van der Waals surface area contributed by atoms with Crippen molar-refractivity contribution in [1.29, 1.82) is 0 Å². The highest BCUT2D eigenvalue weighted by atomic mass is 35.5. The zero-order valence-electron chi connectivity index (χ0n) is 12.5. The molecule has 0 radical (unpaired) electrons. The maximum absolute atomic E-state index is 11.9. The molecule has 1 amide bonds. The van der Waals surface area contributed by atoms with Gasteiger partial charge < -0.3 is 5.32 Å². The number of aryl methyl sites for hydroxylation is 2. The van der Waals surface area contributed by atoms with Crippen LogP contribution in [0, 0.1) is 0 Å². The lowest BCUT2D eigenvalue weighted by molar-refractivity contribution is -0.121. The molecule has 116 valence electrons. The summed E-state index contributed by atoms with van der Waals surface area (Å²) in [6.07, 6.45) is 2.24. The van der Waals surface area contributed by atoms with Crippen LogP contribution in [0.15, 0.2) is 42.5 Å². The summed E-state index contributed by atoms with van der Waals surface area (Å²) in [7, 11) is 0. The molecule has 0 aromatic heterocycles. The molecule has 22 heavy (non-hydrogen) atoms.